The van der Waals surface area contributed by atoms with Crippen LogP contribution in [0.25, 0.3) is 0 Å². The normalized spacial score (nSPS) is 19.7. The Balaban J connectivity index is 2.10. The van der Waals surface area contributed by atoms with Crippen molar-refractivity contribution >= 4 is 11.9 Å². The van der Waals surface area contributed by atoms with Crippen molar-refractivity contribution < 1.29 is 14.3 Å². The lowest BCUT2D eigenvalue weighted by atomic mass is 9.98. The highest BCUT2D eigenvalue weighted by atomic mass is 16.5. The highest BCUT2D eigenvalue weighted by molar-refractivity contribution is 5.78. The molecule has 0 fully saturated rings. The molecule has 1 amide bonds. The van der Waals surface area contributed by atoms with E-state index >= 15 is 0 Å². The zero-order valence-electron chi connectivity index (χ0n) is 13.1. The van der Waals surface area contributed by atoms with Crippen LogP contribution in [0, 0.1) is 11.3 Å². The van der Waals surface area contributed by atoms with E-state index in [9.17, 15) is 9.59 Å². The molecule has 0 aliphatic heterocycles. The predicted molar refractivity (Wildman–Crippen MR) is 84.9 cm³/mol. The lowest BCUT2D eigenvalue weighted by molar-refractivity contribution is -0.145. The Hall–Kier alpha value is -2.61. The average molecular weight is 312 g/mol. The molecule has 5 heteroatoms. The first-order valence-electron chi connectivity index (χ1n) is 7.66. The quantitative estimate of drug-likeness (QED) is 0.619. The first-order chi connectivity index (χ1) is 11.1. The van der Waals surface area contributed by atoms with E-state index in [0.29, 0.717) is 19.4 Å². The van der Waals surface area contributed by atoms with Gasteiger partial charge in [0, 0.05) is 13.5 Å². The summed E-state index contributed by atoms with van der Waals surface area (Å²) in [6, 6.07) is 11.5. The topological polar surface area (TPSA) is 70.4 Å². The summed E-state index contributed by atoms with van der Waals surface area (Å²) in [5, 5.41) is 8.82. The van der Waals surface area contributed by atoms with Gasteiger partial charge < -0.3 is 9.64 Å². The molecule has 0 radical (unpaired) electrons. The van der Waals surface area contributed by atoms with Crippen molar-refractivity contribution in [3.63, 3.8) is 0 Å². The van der Waals surface area contributed by atoms with E-state index in [0.717, 1.165) is 5.56 Å². The maximum atomic E-state index is 12.3. The highest BCUT2D eigenvalue weighted by Gasteiger charge is 2.26. The number of nitriles is 1. The van der Waals surface area contributed by atoms with Gasteiger partial charge in [-0.2, -0.15) is 5.26 Å². The van der Waals surface area contributed by atoms with Gasteiger partial charge in [0.1, 0.15) is 12.5 Å². The molecule has 2 atom stereocenters. The van der Waals surface area contributed by atoms with Crippen LogP contribution in [0.2, 0.25) is 0 Å². The molecule has 0 aromatic heterocycles. The van der Waals surface area contributed by atoms with Crippen molar-refractivity contribution in [1.82, 2.24) is 4.90 Å². The zero-order chi connectivity index (χ0) is 16.7. The van der Waals surface area contributed by atoms with Crippen molar-refractivity contribution in [2.45, 2.75) is 44.9 Å². The molecule has 0 N–H and O–H groups in total. The van der Waals surface area contributed by atoms with Crippen LogP contribution >= 0.6 is 0 Å². The van der Waals surface area contributed by atoms with Gasteiger partial charge in [0.05, 0.1) is 12.1 Å². The molecule has 5 nitrogen and oxygen atoms in total. The Kier molecular flexibility index (Phi) is 5.93. The molecule has 1 aliphatic carbocycles. The second-order valence-corrected chi connectivity index (χ2v) is 5.52. The van der Waals surface area contributed by atoms with Crippen molar-refractivity contribution in [3.8, 4) is 6.07 Å². The number of nitrogens with zero attached hydrogens (tertiary/aromatic N) is 2. The maximum Gasteiger partial charge on any atom is 0.303 e. The molecule has 1 aromatic rings. The van der Waals surface area contributed by atoms with Gasteiger partial charge in [-0.1, -0.05) is 36.4 Å². The van der Waals surface area contributed by atoms with Crippen LogP contribution in [0.4, 0.5) is 0 Å². The largest absolute Gasteiger partial charge is 0.458 e. The number of hydrogen-bond donors (Lipinski definition) is 0. The minimum atomic E-state index is -0.306. The lowest BCUT2D eigenvalue weighted by Gasteiger charge is -2.33. The monoisotopic (exact) mass is 312 g/mol. The SMILES string of the molecule is CC(=O)O[C@H]1C=C[C@@H](N(Cc2ccccc2)C(=O)CC#N)CC1. The Bertz CT molecular complexity index is 619. The summed E-state index contributed by atoms with van der Waals surface area (Å²) < 4.78 is 5.16. The number of rotatable bonds is 5. The van der Waals surface area contributed by atoms with Gasteiger partial charge in [0.25, 0.3) is 0 Å². The van der Waals surface area contributed by atoms with E-state index < -0.39 is 0 Å². The Morgan fingerprint density at radius 1 is 1.26 bits per heavy atom. The summed E-state index contributed by atoms with van der Waals surface area (Å²) in [6.45, 7) is 1.85. The Morgan fingerprint density at radius 3 is 2.57 bits per heavy atom. The molecule has 120 valence electrons. The van der Waals surface area contributed by atoms with Crippen molar-refractivity contribution in [3.05, 3.63) is 48.0 Å². The lowest BCUT2D eigenvalue weighted by Crippen LogP contribution is -2.40. The third-order valence-electron chi connectivity index (χ3n) is 3.76. The summed E-state index contributed by atoms with van der Waals surface area (Å²) in [5.74, 6) is -0.489. The molecule has 23 heavy (non-hydrogen) atoms. The molecule has 0 bridgehead atoms. The Labute approximate surface area is 136 Å². The smallest absolute Gasteiger partial charge is 0.303 e. The molecular weight excluding hydrogens is 292 g/mol. The van der Waals surface area contributed by atoms with Crippen LogP contribution in [0.15, 0.2) is 42.5 Å². The second-order valence-electron chi connectivity index (χ2n) is 5.52. The molecule has 0 saturated carbocycles. The van der Waals surface area contributed by atoms with Crippen LogP contribution in [0.3, 0.4) is 0 Å². The molecule has 0 spiro atoms. The van der Waals surface area contributed by atoms with Crippen LogP contribution in [0.5, 0.6) is 0 Å². The summed E-state index contributed by atoms with van der Waals surface area (Å²) in [7, 11) is 0. The standard InChI is InChI=1S/C18H20N2O3/c1-14(21)23-17-9-7-16(8-10-17)20(18(22)11-12-19)13-15-5-3-2-4-6-15/h2-7,9,16-17H,8,10-11,13H2,1H3/t16-,17+/m1/s1. The van der Waals surface area contributed by atoms with Crippen LogP contribution < -0.4 is 0 Å². The van der Waals surface area contributed by atoms with Gasteiger partial charge in [-0.3, -0.25) is 9.59 Å². The summed E-state index contributed by atoms with van der Waals surface area (Å²) in [4.78, 5) is 25.0. The van der Waals surface area contributed by atoms with Crippen molar-refractivity contribution in [2.24, 2.45) is 0 Å². The zero-order valence-corrected chi connectivity index (χ0v) is 13.1. The van der Waals surface area contributed by atoms with E-state index in [4.69, 9.17) is 10.00 Å². The van der Waals surface area contributed by atoms with Gasteiger partial charge >= 0.3 is 5.97 Å². The fraction of sp³-hybridized carbons (Fsp3) is 0.389. The van der Waals surface area contributed by atoms with E-state index in [1.807, 2.05) is 48.6 Å². The van der Waals surface area contributed by atoms with E-state index in [-0.39, 0.29) is 30.4 Å². The third-order valence-corrected chi connectivity index (χ3v) is 3.76. The number of hydrogen-bond acceptors (Lipinski definition) is 4. The van der Waals surface area contributed by atoms with Gasteiger partial charge in [-0.15, -0.1) is 0 Å². The third kappa shape index (κ3) is 4.96. The van der Waals surface area contributed by atoms with E-state index in [1.54, 1.807) is 4.90 Å². The molecule has 0 heterocycles. The molecule has 0 unspecified atom stereocenters. The van der Waals surface area contributed by atoms with Crippen LogP contribution in [-0.4, -0.2) is 28.9 Å². The minimum absolute atomic E-state index is 0.0807. The molecule has 2 rings (SSSR count). The van der Waals surface area contributed by atoms with Gasteiger partial charge in [-0.25, -0.2) is 0 Å². The number of ether oxygens (including phenoxy) is 1. The van der Waals surface area contributed by atoms with Crippen LogP contribution in [0.1, 0.15) is 31.7 Å². The summed E-state index contributed by atoms with van der Waals surface area (Å²) in [5.41, 5.74) is 1.02. The fourth-order valence-electron chi connectivity index (χ4n) is 2.69. The van der Waals surface area contributed by atoms with Crippen LogP contribution in [-0.2, 0) is 20.9 Å². The second kappa shape index (κ2) is 8.14. The molecular formula is C18H20N2O3. The molecule has 1 aromatic carbocycles. The van der Waals surface area contributed by atoms with Crippen molar-refractivity contribution in [2.75, 3.05) is 0 Å². The summed E-state index contributed by atoms with van der Waals surface area (Å²) in [6.07, 6.45) is 4.74. The molecule has 0 saturated heterocycles. The van der Waals surface area contributed by atoms with Gasteiger partial charge in [0.2, 0.25) is 5.91 Å². The first-order valence-corrected chi connectivity index (χ1v) is 7.66. The highest BCUT2D eigenvalue weighted by Crippen LogP contribution is 2.22. The molecule has 1 aliphatic rings. The summed E-state index contributed by atoms with van der Waals surface area (Å²) >= 11 is 0. The fourth-order valence-corrected chi connectivity index (χ4v) is 2.69. The number of benzene rings is 1. The first kappa shape index (κ1) is 16.8. The number of carbonyl (C=O) groups excluding carboxylic acids is 2. The maximum absolute atomic E-state index is 12.3. The van der Waals surface area contributed by atoms with Gasteiger partial charge in [-0.05, 0) is 24.5 Å². The number of amides is 1. The van der Waals surface area contributed by atoms with Gasteiger partial charge in [0.15, 0.2) is 0 Å². The number of esters is 1. The predicted octanol–water partition coefficient (Wildman–Crippen LogP) is 2.58. The van der Waals surface area contributed by atoms with Crippen molar-refractivity contribution in [1.29, 1.82) is 5.26 Å². The Morgan fingerprint density at radius 2 is 2.00 bits per heavy atom. The van der Waals surface area contributed by atoms with E-state index in [1.165, 1.54) is 6.92 Å². The minimum Gasteiger partial charge on any atom is -0.458 e. The van der Waals surface area contributed by atoms with E-state index in [2.05, 4.69) is 0 Å². The number of carbonyl (C=O) groups is 2. The average Bonchev–Trinajstić information content (AvgIpc) is 2.54.